The molecule has 6 nitrogen and oxygen atoms in total. The van der Waals surface area contributed by atoms with Gasteiger partial charge in [-0.2, -0.15) is 4.31 Å². The van der Waals surface area contributed by atoms with E-state index in [1.54, 1.807) is 0 Å². The smallest absolute Gasteiger partial charge is 0.304 e. The Morgan fingerprint density at radius 3 is 2.62 bits per heavy atom. The molecule has 16 heavy (non-hydrogen) atoms. The predicted octanol–water partition coefficient (Wildman–Crippen LogP) is -0.506. The third-order valence-corrected chi connectivity index (χ3v) is 4.84. The SMILES string of the molecule is CC1CCN(S(=O)(=O)CCC(=O)O)C1CO. The maximum absolute atomic E-state index is 11.8. The van der Waals surface area contributed by atoms with Gasteiger partial charge < -0.3 is 10.2 Å². The number of carboxylic acid groups (broad SMARTS) is 1. The Bertz CT molecular complexity index is 353. The number of sulfonamides is 1. The van der Waals surface area contributed by atoms with Gasteiger partial charge in [0.05, 0.1) is 24.8 Å². The molecule has 1 rings (SSSR count). The van der Waals surface area contributed by atoms with Gasteiger partial charge in [0.2, 0.25) is 10.0 Å². The summed E-state index contributed by atoms with van der Waals surface area (Å²) in [6, 6.07) is -0.404. The molecule has 0 aliphatic carbocycles. The van der Waals surface area contributed by atoms with Crippen LogP contribution in [0.2, 0.25) is 0 Å². The Balaban J connectivity index is 2.72. The highest BCUT2D eigenvalue weighted by Gasteiger charge is 2.38. The topological polar surface area (TPSA) is 94.9 Å². The lowest BCUT2D eigenvalue weighted by Crippen LogP contribution is -2.41. The summed E-state index contributed by atoms with van der Waals surface area (Å²) in [7, 11) is -3.56. The van der Waals surface area contributed by atoms with Crippen LogP contribution in [0.15, 0.2) is 0 Å². The van der Waals surface area contributed by atoms with Gasteiger partial charge in [-0.1, -0.05) is 6.92 Å². The highest BCUT2D eigenvalue weighted by atomic mass is 32.2. The summed E-state index contributed by atoms with van der Waals surface area (Å²) >= 11 is 0. The summed E-state index contributed by atoms with van der Waals surface area (Å²) < 4.78 is 24.8. The molecule has 1 aliphatic rings. The molecule has 94 valence electrons. The lowest BCUT2D eigenvalue weighted by Gasteiger charge is -2.24. The van der Waals surface area contributed by atoms with E-state index in [4.69, 9.17) is 10.2 Å². The molecule has 1 aliphatic heterocycles. The van der Waals surface area contributed by atoms with Crippen molar-refractivity contribution >= 4 is 16.0 Å². The van der Waals surface area contributed by atoms with Gasteiger partial charge in [-0.25, -0.2) is 8.42 Å². The number of aliphatic hydroxyl groups excluding tert-OH is 1. The molecule has 0 aromatic rings. The van der Waals surface area contributed by atoms with E-state index in [1.807, 2.05) is 6.92 Å². The predicted molar refractivity (Wildman–Crippen MR) is 57.4 cm³/mol. The normalized spacial score (nSPS) is 27.1. The zero-order chi connectivity index (χ0) is 12.3. The first kappa shape index (κ1) is 13.4. The van der Waals surface area contributed by atoms with Gasteiger partial charge in [0.1, 0.15) is 0 Å². The maximum atomic E-state index is 11.8. The number of aliphatic hydroxyl groups is 1. The van der Waals surface area contributed by atoms with Crippen LogP contribution in [-0.4, -0.2) is 53.9 Å². The number of aliphatic carboxylic acids is 1. The molecule has 1 fully saturated rings. The van der Waals surface area contributed by atoms with Gasteiger partial charge in [0, 0.05) is 6.54 Å². The largest absolute Gasteiger partial charge is 0.481 e. The molecule has 0 aromatic heterocycles. The first-order chi connectivity index (χ1) is 7.38. The molecule has 2 unspecified atom stereocenters. The highest BCUT2D eigenvalue weighted by molar-refractivity contribution is 7.89. The van der Waals surface area contributed by atoms with Crippen molar-refractivity contribution in [3.63, 3.8) is 0 Å². The maximum Gasteiger partial charge on any atom is 0.304 e. The molecular weight excluding hydrogens is 234 g/mol. The minimum atomic E-state index is -3.56. The third kappa shape index (κ3) is 2.93. The highest BCUT2D eigenvalue weighted by Crippen LogP contribution is 2.26. The Labute approximate surface area is 94.9 Å². The van der Waals surface area contributed by atoms with Crippen molar-refractivity contribution < 1.29 is 23.4 Å². The molecule has 0 saturated carbocycles. The second kappa shape index (κ2) is 5.11. The number of carbonyl (C=O) groups is 1. The lowest BCUT2D eigenvalue weighted by atomic mass is 10.0. The second-order valence-corrected chi connectivity index (χ2v) is 6.13. The van der Waals surface area contributed by atoms with E-state index in [0.29, 0.717) is 13.0 Å². The first-order valence-electron chi connectivity index (χ1n) is 5.20. The molecule has 0 bridgehead atoms. The van der Waals surface area contributed by atoms with Crippen molar-refractivity contribution in [3.8, 4) is 0 Å². The van der Waals surface area contributed by atoms with E-state index in [-0.39, 0.29) is 12.5 Å². The average Bonchev–Trinajstić information content (AvgIpc) is 2.57. The van der Waals surface area contributed by atoms with E-state index in [9.17, 15) is 13.2 Å². The van der Waals surface area contributed by atoms with Crippen molar-refractivity contribution in [1.29, 1.82) is 0 Å². The van der Waals surface area contributed by atoms with Gasteiger partial charge >= 0.3 is 5.97 Å². The minimum absolute atomic E-state index is 0.115. The number of hydrogen-bond acceptors (Lipinski definition) is 4. The Kier molecular flexibility index (Phi) is 4.28. The lowest BCUT2D eigenvalue weighted by molar-refractivity contribution is -0.136. The quantitative estimate of drug-likeness (QED) is 0.686. The molecule has 2 N–H and O–H groups in total. The van der Waals surface area contributed by atoms with Crippen LogP contribution >= 0.6 is 0 Å². The van der Waals surface area contributed by atoms with Crippen LogP contribution in [0.5, 0.6) is 0 Å². The van der Waals surface area contributed by atoms with Crippen molar-refractivity contribution in [2.24, 2.45) is 5.92 Å². The van der Waals surface area contributed by atoms with Crippen LogP contribution in [0.25, 0.3) is 0 Å². The van der Waals surface area contributed by atoms with E-state index < -0.39 is 34.2 Å². The van der Waals surface area contributed by atoms with E-state index in [1.165, 1.54) is 4.31 Å². The molecule has 7 heteroatoms. The second-order valence-electron chi connectivity index (χ2n) is 4.09. The fourth-order valence-corrected chi connectivity index (χ4v) is 3.66. The van der Waals surface area contributed by atoms with Crippen LogP contribution < -0.4 is 0 Å². The first-order valence-corrected chi connectivity index (χ1v) is 6.81. The van der Waals surface area contributed by atoms with Crippen LogP contribution in [0, 0.1) is 5.92 Å². The summed E-state index contributed by atoms with van der Waals surface area (Å²) in [5, 5.41) is 17.6. The molecule has 1 saturated heterocycles. The summed E-state index contributed by atoms with van der Waals surface area (Å²) in [6.45, 7) is 2.04. The summed E-state index contributed by atoms with van der Waals surface area (Å²) in [5.74, 6) is -1.41. The van der Waals surface area contributed by atoms with E-state index in [0.717, 1.165) is 0 Å². The van der Waals surface area contributed by atoms with Crippen molar-refractivity contribution in [1.82, 2.24) is 4.31 Å². The minimum Gasteiger partial charge on any atom is -0.481 e. The number of carboxylic acids is 1. The fraction of sp³-hybridized carbons (Fsp3) is 0.889. The zero-order valence-electron chi connectivity index (χ0n) is 9.16. The summed E-state index contributed by atoms with van der Waals surface area (Å²) in [4.78, 5) is 10.3. The third-order valence-electron chi connectivity index (χ3n) is 2.95. The average molecular weight is 251 g/mol. The Morgan fingerprint density at radius 1 is 1.50 bits per heavy atom. The number of hydrogen-bond donors (Lipinski definition) is 2. The van der Waals surface area contributed by atoms with Crippen molar-refractivity contribution in [3.05, 3.63) is 0 Å². The molecule has 0 spiro atoms. The van der Waals surface area contributed by atoms with E-state index in [2.05, 4.69) is 0 Å². The van der Waals surface area contributed by atoms with Crippen molar-refractivity contribution in [2.45, 2.75) is 25.8 Å². The molecular formula is C9H17NO5S. The van der Waals surface area contributed by atoms with Crippen LogP contribution in [0.4, 0.5) is 0 Å². The Morgan fingerprint density at radius 2 is 2.12 bits per heavy atom. The Hall–Kier alpha value is -0.660. The van der Waals surface area contributed by atoms with Gasteiger partial charge in [-0.3, -0.25) is 4.79 Å². The van der Waals surface area contributed by atoms with Crippen LogP contribution in [0.3, 0.4) is 0 Å². The van der Waals surface area contributed by atoms with Gasteiger partial charge in [-0.05, 0) is 12.3 Å². The fourth-order valence-electron chi connectivity index (χ4n) is 1.92. The molecule has 2 atom stereocenters. The van der Waals surface area contributed by atoms with Gasteiger partial charge in [0.15, 0.2) is 0 Å². The van der Waals surface area contributed by atoms with Crippen LogP contribution in [0.1, 0.15) is 19.8 Å². The number of nitrogens with zero attached hydrogens (tertiary/aromatic N) is 1. The molecule has 0 aromatic carbocycles. The van der Waals surface area contributed by atoms with Gasteiger partial charge in [0.25, 0.3) is 0 Å². The number of rotatable bonds is 5. The summed E-state index contributed by atoms with van der Waals surface area (Å²) in [6.07, 6.45) is 0.308. The van der Waals surface area contributed by atoms with E-state index >= 15 is 0 Å². The standard InChI is InChI=1S/C9H17NO5S/c1-7-2-4-10(8(7)6-11)16(14,15)5-3-9(12)13/h7-8,11H,2-6H2,1H3,(H,12,13). The summed E-state index contributed by atoms with van der Waals surface area (Å²) in [5.41, 5.74) is 0. The van der Waals surface area contributed by atoms with Crippen molar-refractivity contribution in [2.75, 3.05) is 18.9 Å². The zero-order valence-corrected chi connectivity index (χ0v) is 9.98. The van der Waals surface area contributed by atoms with Gasteiger partial charge in [-0.15, -0.1) is 0 Å². The molecule has 1 heterocycles. The molecule has 0 radical (unpaired) electrons. The van der Waals surface area contributed by atoms with Crippen LogP contribution in [-0.2, 0) is 14.8 Å². The monoisotopic (exact) mass is 251 g/mol. The molecule has 0 amide bonds.